The van der Waals surface area contributed by atoms with Crippen LogP contribution < -0.4 is 9.46 Å². The molecule has 0 radical (unpaired) electrons. The molecular formula is C20H20INO6S. The van der Waals surface area contributed by atoms with Gasteiger partial charge < -0.3 is 14.9 Å². The number of aliphatic hydroxyl groups is 1. The first-order valence-electron chi connectivity index (χ1n) is 9.22. The molecule has 4 rings (SSSR count). The lowest BCUT2D eigenvalue weighted by Crippen LogP contribution is -2.43. The van der Waals surface area contributed by atoms with Crippen LogP contribution in [0.25, 0.3) is 0 Å². The van der Waals surface area contributed by atoms with Gasteiger partial charge in [-0.25, -0.2) is 13.1 Å². The molecule has 154 valence electrons. The molecule has 4 atom stereocenters. The summed E-state index contributed by atoms with van der Waals surface area (Å²) in [4.78, 5) is 11.1. The predicted molar refractivity (Wildman–Crippen MR) is 113 cm³/mol. The number of hydrogen-bond donors (Lipinski definition) is 3. The number of ether oxygens (including phenoxy) is 1. The topological polar surface area (TPSA) is 113 Å². The van der Waals surface area contributed by atoms with Gasteiger partial charge >= 0.3 is 5.97 Å². The average molecular weight is 529 g/mol. The van der Waals surface area contributed by atoms with Crippen LogP contribution in [0.4, 0.5) is 0 Å². The summed E-state index contributed by atoms with van der Waals surface area (Å²) in [5, 5.41) is 19.5. The zero-order valence-corrected chi connectivity index (χ0v) is 18.3. The molecule has 2 aromatic carbocycles. The quantitative estimate of drug-likeness (QED) is 0.495. The van der Waals surface area contributed by atoms with E-state index in [2.05, 4.69) is 27.3 Å². The van der Waals surface area contributed by atoms with Crippen LogP contribution in [-0.2, 0) is 21.2 Å². The molecule has 2 aliphatic rings. The minimum Gasteiger partial charge on any atom is -0.489 e. The third kappa shape index (κ3) is 4.00. The van der Waals surface area contributed by atoms with Gasteiger partial charge in [-0.15, -0.1) is 0 Å². The number of aliphatic hydroxyl groups excluding tert-OH is 1. The fourth-order valence-electron chi connectivity index (χ4n) is 4.13. The van der Waals surface area contributed by atoms with E-state index < -0.39 is 28.1 Å². The lowest BCUT2D eigenvalue weighted by molar-refractivity contribution is -0.136. The van der Waals surface area contributed by atoms with Crippen LogP contribution in [0.3, 0.4) is 0 Å². The molecule has 0 amide bonds. The number of sulfonamides is 1. The third-order valence-corrected chi connectivity index (χ3v) is 7.65. The van der Waals surface area contributed by atoms with Gasteiger partial charge in [0.05, 0.1) is 17.0 Å². The lowest BCUT2D eigenvalue weighted by atomic mass is 9.92. The molecule has 1 aliphatic heterocycles. The minimum atomic E-state index is -3.81. The van der Waals surface area contributed by atoms with Crippen molar-refractivity contribution < 1.29 is 28.2 Å². The molecule has 0 bridgehead atoms. The fraction of sp³-hybridized carbons (Fsp3) is 0.350. The first-order chi connectivity index (χ1) is 13.8. The minimum absolute atomic E-state index is 0.0133. The van der Waals surface area contributed by atoms with Crippen LogP contribution in [-0.4, -0.2) is 42.8 Å². The maximum atomic E-state index is 12.9. The van der Waals surface area contributed by atoms with Crippen molar-refractivity contribution in [1.29, 1.82) is 0 Å². The number of carbonyl (C=O) groups is 1. The number of hydrogen-bond acceptors (Lipinski definition) is 5. The Labute approximate surface area is 182 Å². The molecule has 1 saturated carbocycles. The molecule has 0 spiro atoms. The smallest absolute Gasteiger partial charge is 0.303 e. The van der Waals surface area contributed by atoms with Gasteiger partial charge in [0.2, 0.25) is 10.0 Å². The second-order valence-electron chi connectivity index (χ2n) is 7.32. The Morgan fingerprint density at radius 1 is 1.21 bits per heavy atom. The summed E-state index contributed by atoms with van der Waals surface area (Å²) in [5.41, 5.74) is 1.60. The largest absolute Gasteiger partial charge is 0.489 e. The summed E-state index contributed by atoms with van der Waals surface area (Å²) in [6, 6.07) is 11.3. The molecule has 3 N–H and O–H groups in total. The summed E-state index contributed by atoms with van der Waals surface area (Å²) in [6.07, 6.45) is -0.604. The molecule has 1 fully saturated rings. The highest BCUT2D eigenvalue weighted by molar-refractivity contribution is 14.1. The van der Waals surface area contributed by atoms with E-state index in [1.165, 1.54) is 12.1 Å². The Morgan fingerprint density at radius 3 is 2.62 bits per heavy atom. The van der Waals surface area contributed by atoms with Crippen molar-refractivity contribution in [2.45, 2.75) is 48.3 Å². The van der Waals surface area contributed by atoms with Crippen LogP contribution in [0.5, 0.6) is 5.75 Å². The van der Waals surface area contributed by atoms with Crippen LogP contribution in [0.15, 0.2) is 47.4 Å². The number of carboxylic acids is 1. The third-order valence-electron chi connectivity index (χ3n) is 5.45. The van der Waals surface area contributed by atoms with E-state index >= 15 is 0 Å². The van der Waals surface area contributed by atoms with Gasteiger partial charge in [0.25, 0.3) is 0 Å². The molecule has 1 aliphatic carbocycles. The summed E-state index contributed by atoms with van der Waals surface area (Å²) in [7, 11) is -3.81. The zero-order chi connectivity index (χ0) is 20.8. The van der Waals surface area contributed by atoms with Crippen molar-refractivity contribution in [2.24, 2.45) is 0 Å². The lowest BCUT2D eigenvalue weighted by Gasteiger charge is -2.22. The molecule has 0 aromatic heterocycles. The van der Waals surface area contributed by atoms with E-state index in [9.17, 15) is 18.3 Å². The number of para-hydroxylation sites is 1. The summed E-state index contributed by atoms with van der Waals surface area (Å²) in [5.74, 6) is -0.600. The van der Waals surface area contributed by atoms with E-state index in [1.807, 2.05) is 18.2 Å². The summed E-state index contributed by atoms with van der Waals surface area (Å²) in [6.45, 7) is 0. The second kappa shape index (κ2) is 7.86. The van der Waals surface area contributed by atoms with Gasteiger partial charge in [0.15, 0.2) is 0 Å². The van der Waals surface area contributed by atoms with Gasteiger partial charge in [-0.1, -0.05) is 18.2 Å². The molecule has 0 saturated heterocycles. The van der Waals surface area contributed by atoms with Crippen LogP contribution in [0, 0.1) is 3.57 Å². The standard InChI is InChI=1S/C20H20INO6S/c21-12-5-7-13(8-6-12)29(26,27)22-19-15(23)10-16-18(19)14-3-1-2-11(20(14)28-16)4-9-17(24)25/h1-3,5-8,15-16,18-19,22-23H,4,9-10H2,(H,24,25). The molecule has 2 aromatic rings. The van der Waals surface area contributed by atoms with E-state index in [-0.39, 0.29) is 23.3 Å². The summed E-state index contributed by atoms with van der Waals surface area (Å²) < 4.78 is 35.4. The SMILES string of the molecule is O=C(O)CCc1cccc2c1OC1CC(O)C(NS(=O)(=O)c3ccc(I)cc3)C21. The maximum Gasteiger partial charge on any atom is 0.303 e. The van der Waals surface area contributed by atoms with E-state index in [0.29, 0.717) is 18.6 Å². The Bertz CT molecular complexity index is 1040. The van der Waals surface area contributed by atoms with Crippen molar-refractivity contribution in [3.05, 3.63) is 57.2 Å². The van der Waals surface area contributed by atoms with Crippen LogP contribution in [0.2, 0.25) is 0 Å². The van der Waals surface area contributed by atoms with Crippen molar-refractivity contribution in [1.82, 2.24) is 4.72 Å². The number of aliphatic carboxylic acids is 1. The van der Waals surface area contributed by atoms with Gasteiger partial charge in [-0.3, -0.25) is 4.79 Å². The number of halogens is 1. The van der Waals surface area contributed by atoms with Crippen molar-refractivity contribution in [3.63, 3.8) is 0 Å². The number of nitrogens with one attached hydrogen (secondary N) is 1. The number of rotatable bonds is 6. The normalized spacial score (nSPS) is 25.3. The highest BCUT2D eigenvalue weighted by atomic mass is 127. The van der Waals surface area contributed by atoms with Crippen LogP contribution >= 0.6 is 22.6 Å². The first-order valence-corrected chi connectivity index (χ1v) is 11.8. The van der Waals surface area contributed by atoms with Gasteiger partial charge in [0, 0.05) is 27.9 Å². The average Bonchev–Trinajstić information content (AvgIpc) is 3.16. The first kappa shape index (κ1) is 20.6. The molecule has 1 heterocycles. The van der Waals surface area contributed by atoms with E-state index in [1.54, 1.807) is 12.1 Å². The van der Waals surface area contributed by atoms with E-state index in [0.717, 1.165) is 14.7 Å². The maximum absolute atomic E-state index is 12.9. The Balaban J connectivity index is 1.62. The number of aryl methyl sites for hydroxylation is 1. The number of fused-ring (bicyclic) bond motifs is 3. The molecular weight excluding hydrogens is 509 g/mol. The molecule has 4 unspecified atom stereocenters. The highest BCUT2D eigenvalue weighted by Gasteiger charge is 2.51. The molecule has 7 nitrogen and oxygen atoms in total. The Morgan fingerprint density at radius 2 is 1.93 bits per heavy atom. The molecule has 29 heavy (non-hydrogen) atoms. The van der Waals surface area contributed by atoms with Gasteiger partial charge in [0.1, 0.15) is 11.9 Å². The van der Waals surface area contributed by atoms with Crippen molar-refractivity contribution in [3.8, 4) is 5.75 Å². The fourth-order valence-corrected chi connectivity index (χ4v) is 5.78. The number of benzene rings is 2. The van der Waals surface area contributed by atoms with E-state index in [4.69, 9.17) is 9.84 Å². The van der Waals surface area contributed by atoms with Gasteiger partial charge in [-0.2, -0.15) is 0 Å². The Kier molecular flexibility index (Phi) is 5.58. The van der Waals surface area contributed by atoms with Crippen molar-refractivity contribution in [2.75, 3.05) is 0 Å². The zero-order valence-electron chi connectivity index (χ0n) is 15.3. The predicted octanol–water partition coefficient (Wildman–Crippen LogP) is 2.26. The van der Waals surface area contributed by atoms with Crippen LogP contribution in [0.1, 0.15) is 29.9 Å². The highest BCUT2D eigenvalue weighted by Crippen LogP contribution is 2.49. The molecule has 9 heteroatoms. The van der Waals surface area contributed by atoms with Gasteiger partial charge in [-0.05, 0) is 58.8 Å². The van der Waals surface area contributed by atoms with Crippen molar-refractivity contribution >= 4 is 38.6 Å². The number of carboxylic acid groups (broad SMARTS) is 1. The summed E-state index contributed by atoms with van der Waals surface area (Å²) >= 11 is 2.10. The monoisotopic (exact) mass is 529 g/mol. The Hall–Kier alpha value is -1.69. The second-order valence-corrected chi connectivity index (χ2v) is 10.3.